The summed E-state index contributed by atoms with van der Waals surface area (Å²) in [7, 11) is 3.63. The van der Waals surface area contributed by atoms with Gasteiger partial charge in [-0.15, -0.1) is 5.10 Å². The Bertz CT molecular complexity index is 330. The van der Waals surface area contributed by atoms with Gasteiger partial charge in [-0.3, -0.25) is 0 Å². The summed E-state index contributed by atoms with van der Waals surface area (Å²) >= 11 is 0. The predicted molar refractivity (Wildman–Crippen MR) is 63.7 cm³/mol. The summed E-state index contributed by atoms with van der Waals surface area (Å²) in [5, 5.41) is 8.32. The van der Waals surface area contributed by atoms with Gasteiger partial charge in [0.25, 0.3) is 0 Å². The number of methoxy groups -OCH3 is 1. The number of nitrogens with zero attached hydrogens (tertiary/aromatic N) is 4. The minimum absolute atomic E-state index is 0.664. The van der Waals surface area contributed by atoms with Gasteiger partial charge < -0.3 is 9.64 Å². The monoisotopic (exact) mass is 224 g/mol. The van der Waals surface area contributed by atoms with Crippen LogP contribution in [0, 0.1) is 0 Å². The maximum Gasteiger partial charge on any atom is 0.245 e. The molecule has 1 aromatic rings. The van der Waals surface area contributed by atoms with Gasteiger partial charge >= 0.3 is 0 Å². The van der Waals surface area contributed by atoms with E-state index in [0.717, 1.165) is 30.8 Å². The van der Waals surface area contributed by atoms with E-state index < -0.39 is 0 Å². The smallest absolute Gasteiger partial charge is 0.245 e. The Morgan fingerprint density at radius 1 is 1.12 bits per heavy atom. The molecule has 0 bridgehead atoms. The molecule has 0 spiro atoms. The second kappa shape index (κ2) is 6.37. The third-order valence-corrected chi connectivity index (χ3v) is 2.47. The molecule has 0 aliphatic heterocycles. The maximum atomic E-state index is 5.02. The van der Waals surface area contributed by atoms with Crippen molar-refractivity contribution in [3.8, 4) is 0 Å². The number of rotatable bonds is 6. The van der Waals surface area contributed by atoms with Gasteiger partial charge in [0.2, 0.25) is 5.95 Å². The predicted octanol–water partition coefficient (Wildman–Crippen LogP) is 1.08. The Labute approximate surface area is 96.9 Å². The Kier molecular flexibility index (Phi) is 5.11. The first-order chi connectivity index (χ1) is 7.72. The second-order valence-corrected chi connectivity index (χ2v) is 3.63. The van der Waals surface area contributed by atoms with Crippen LogP contribution in [0.5, 0.6) is 0 Å². The van der Waals surface area contributed by atoms with E-state index in [1.807, 2.05) is 11.9 Å². The highest BCUT2D eigenvalue weighted by atomic mass is 16.5. The van der Waals surface area contributed by atoms with Crippen LogP contribution in [0.25, 0.3) is 0 Å². The quantitative estimate of drug-likeness (QED) is 0.723. The van der Waals surface area contributed by atoms with Crippen LogP contribution < -0.4 is 4.90 Å². The lowest BCUT2D eigenvalue weighted by atomic mass is 10.2. The van der Waals surface area contributed by atoms with Gasteiger partial charge in [-0.1, -0.05) is 13.8 Å². The molecular formula is C11H20N4O. The fourth-order valence-electron chi connectivity index (χ4n) is 1.42. The van der Waals surface area contributed by atoms with Crippen molar-refractivity contribution in [2.75, 3.05) is 32.2 Å². The highest BCUT2D eigenvalue weighted by molar-refractivity contribution is 5.28. The Morgan fingerprint density at radius 3 is 2.38 bits per heavy atom. The van der Waals surface area contributed by atoms with E-state index in [1.54, 1.807) is 7.11 Å². The van der Waals surface area contributed by atoms with Gasteiger partial charge in [0.05, 0.1) is 18.0 Å². The molecule has 0 fully saturated rings. The fraction of sp³-hybridized carbons (Fsp3) is 0.727. The lowest BCUT2D eigenvalue weighted by molar-refractivity contribution is 0.206. The van der Waals surface area contributed by atoms with E-state index >= 15 is 0 Å². The van der Waals surface area contributed by atoms with Crippen molar-refractivity contribution < 1.29 is 4.74 Å². The average Bonchev–Trinajstić information content (AvgIpc) is 2.34. The molecule has 1 aromatic heterocycles. The molecule has 90 valence electrons. The van der Waals surface area contributed by atoms with Crippen LogP contribution in [0.2, 0.25) is 0 Å². The van der Waals surface area contributed by atoms with Gasteiger partial charge in [-0.2, -0.15) is 5.10 Å². The number of hydrogen-bond acceptors (Lipinski definition) is 5. The standard InChI is InChI=1S/C11H20N4O/c1-5-9-10(6-2)13-14-11(12-9)15(3)7-8-16-4/h5-8H2,1-4H3. The number of ether oxygens (including phenoxy) is 1. The van der Waals surface area contributed by atoms with E-state index in [0.29, 0.717) is 12.6 Å². The average molecular weight is 224 g/mol. The third-order valence-electron chi connectivity index (χ3n) is 2.47. The van der Waals surface area contributed by atoms with Gasteiger partial charge in [0, 0.05) is 20.7 Å². The van der Waals surface area contributed by atoms with E-state index in [2.05, 4.69) is 29.0 Å². The number of hydrogen-bond donors (Lipinski definition) is 0. The lowest BCUT2D eigenvalue weighted by Crippen LogP contribution is -2.25. The number of aryl methyl sites for hydroxylation is 2. The van der Waals surface area contributed by atoms with Crippen LogP contribution in [0.4, 0.5) is 5.95 Å². The zero-order valence-electron chi connectivity index (χ0n) is 10.5. The molecule has 1 heterocycles. The van der Waals surface area contributed by atoms with Crippen LogP contribution >= 0.6 is 0 Å². The highest BCUT2D eigenvalue weighted by Crippen LogP contribution is 2.09. The first-order valence-electron chi connectivity index (χ1n) is 5.65. The molecule has 0 amide bonds. The first-order valence-corrected chi connectivity index (χ1v) is 5.65. The molecule has 1 rings (SSSR count). The summed E-state index contributed by atoms with van der Waals surface area (Å²) in [6.45, 7) is 5.59. The zero-order valence-corrected chi connectivity index (χ0v) is 10.5. The minimum atomic E-state index is 0.664. The van der Waals surface area contributed by atoms with E-state index in [-0.39, 0.29) is 0 Å². The molecule has 0 aliphatic carbocycles. The minimum Gasteiger partial charge on any atom is -0.383 e. The van der Waals surface area contributed by atoms with Crippen LogP contribution in [-0.2, 0) is 17.6 Å². The molecule has 0 atom stereocenters. The summed E-state index contributed by atoms with van der Waals surface area (Å²) in [4.78, 5) is 6.47. The lowest BCUT2D eigenvalue weighted by Gasteiger charge is -2.16. The van der Waals surface area contributed by atoms with Gasteiger partial charge in [-0.25, -0.2) is 4.98 Å². The van der Waals surface area contributed by atoms with E-state index in [1.165, 1.54) is 0 Å². The Morgan fingerprint density at radius 2 is 1.81 bits per heavy atom. The van der Waals surface area contributed by atoms with Crippen molar-refractivity contribution in [2.24, 2.45) is 0 Å². The van der Waals surface area contributed by atoms with Crippen molar-refractivity contribution in [1.82, 2.24) is 15.2 Å². The first kappa shape index (κ1) is 12.8. The Balaban J connectivity index is 2.81. The molecule has 16 heavy (non-hydrogen) atoms. The highest BCUT2D eigenvalue weighted by Gasteiger charge is 2.09. The fourth-order valence-corrected chi connectivity index (χ4v) is 1.42. The van der Waals surface area contributed by atoms with E-state index in [4.69, 9.17) is 4.74 Å². The Hall–Kier alpha value is -1.23. The molecule has 5 heteroatoms. The van der Waals surface area contributed by atoms with Crippen molar-refractivity contribution in [1.29, 1.82) is 0 Å². The van der Waals surface area contributed by atoms with Gasteiger partial charge in [0.1, 0.15) is 0 Å². The summed E-state index contributed by atoms with van der Waals surface area (Å²) in [6.07, 6.45) is 1.77. The molecule has 0 unspecified atom stereocenters. The number of anilines is 1. The van der Waals surface area contributed by atoms with Crippen LogP contribution in [0.1, 0.15) is 25.2 Å². The largest absolute Gasteiger partial charge is 0.383 e. The zero-order chi connectivity index (χ0) is 12.0. The summed E-state index contributed by atoms with van der Waals surface area (Å²) < 4.78 is 5.02. The summed E-state index contributed by atoms with van der Waals surface area (Å²) in [5.41, 5.74) is 2.03. The SMILES string of the molecule is CCc1nnc(N(C)CCOC)nc1CC. The van der Waals surface area contributed by atoms with Crippen molar-refractivity contribution in [3.05, 3.63) is 11.4 Å². The summed E-state index contributed by atoms with van der Waals surface area (Å²) in [5.74, 6) is 0.672. The van der Waals surface area contributed by atoms with Crippen LogP contribution in [-0.4, -0.2) is 42.5 Å². The maximum absolute atomic E-state index is 5.02. The number of likely N-dealkylation sites (N-methyl/N-ethyl adjacent to an activating group) is 1. The van der Waals surface area contributed by atoms with E-state index in [9.17, 15) is 0 Å². The molecule has 0 radical (unpaired) electrons. The molecule has 0 aliphatic rings. The molecule has 0 saturated carbocycles. The summed E-state index contributed by atoms with van der Waals surface area (Å²) in [6, 6.07) is 0. The topological polar surface area (TPSA) is 51.1 Å². The van der Waals surface area contributed by atoms with Crippen molar-refractivity contribution in [3.63, 3.8) is 0 Å². The molecule has 0 N–H and O–H groups in total. The molecule has 0 aromatic carbocycles. The number of aromatic nitrogens is 3. The third kappa shape index (κ3) is 3.13. The normalized spacial score (nSPS) is 10.5. The van der Waals surface area contributed by atoms with Gasteiger partial charge in [-0.05, 0) is 12.8 Å². The van der Waals surface area contributed by atoms with Crippen molar-refractivity contribution >= 4 is 5.95 Å². The van der Waals surface area contributed by atoms with Gasteiger partial charge in [0.15, 0.2) is 0 Å². The molecular weight excluding hydrogens is 204 g/mol. The van der Waals surface area contributed by atoms with Crippen LogP contribution in [0.15, 0.2) is 0 Å². The van der Waals surface area contributed by atoms with Crippen molar-refractivity contribution in [2.45, 2.75) is 26.7 Å². The molecule has 5 nitrogen and oxygen atoms in total. The molecule has 0 saturated heterocycles. The second-order valence-electron chi connectivity index (χ2n) is 3.63. The van der Waals surface area contributed by atoms with Crippen LogP contribution in [0.3, 0.4) is 0 Å².